The van der Waals surface area contributed by atoms with Crippen molar-refractivity contribution in [2.75, 3.05) is 0 Å². The van der Waals surface area contributed by atoms with Gasteiger partial charge in [-0.1, -0.05) is 38.7 Å². The van der Waals surface area contributed by atoms with Crippen LogP contribution in [0.5, 0.6) is 0 Å². The normalized spacial score (nSPS) is 10.4. The van der Waals surface area contributed by atoms with E-state index in [4.69, 9.17) is 0 Å². The Balaban J connectivity index is 3.40. The third kappa shape index (κ3) is 13.3. The van der Waals surface area contributed by atoms with Crippen LogP contribution < -0.4 is 0 Å². The van der Waals surface area contributed by atoms with Crippen molar-refractivity contribution in [1.82, 2.24) is 0 Å². The summed E-state index contributed by atoms with van der Waals surface area (Å²) in [5, 5.41) is 0. The SMILES string of the molecule is C=CCCCCC(=O)CCC(=O)CCCCCCC. The van der Waals surface area contributed by atoms with E-state index in [2.05, 4.69) is 13.5 Å². The first-order chi connectivity index (χ1) is 9.20. The van der Waals surface area contributed by atoms with Gasteiger partial charge in [0.1, 0.15) is 11.6 Å². The molecule has 2 heteroatoms. The number of ketones is 2. The van der Waals surface area contributed by atoms with E-state index in [-0.39, 0.29) is 11.6 Å². The van der Waals surface area contributed by atoms with E-state index < -0.39 is 0 Å². The molecular formula is C17H30O2. The molecule has 0 unspecified atom stereocenters. The zero-order valence-corrected chi connectivity index (χ0v) is 12.6. The molecule has 0 aliphatic heterocycles. The van der Waals surface area contributed by atoms with E-state index in [1.54, 1.807) is 0 Å². The van der Waals surface area contributed by atoms with Crippen LogP contribution in [0.2, 0.25) is 0 Å². The predicted octanol–water partition coefficient (Wildman–Crippen LogP) is 5.01. The second-order valence-electron chi connectivity index (χ2n) is 5.28. The van der Waals surface area contributed by atoms with Crippen molar-refractivity contribution in [2.45, 2.75) is 84.0 Å². The number of unbranched alkanes of at least 4 members (excludes halogenated alkanes) is 6. The second-order valence-corrected chi connectivity index (χ2v) is 5.28. The molecule has 0 aromatic rings. The van der Waals surface area contributed by atoms with Crippen molar-refractivity contribution in [3.8, 4) is 0 Å². The fourth-order valence-corrected chi connectivity index (χ4v) is 2.07. The summed E-state index contributed by atoms with van der Waals surface area (Å²) in [6, 6.07) is 0. The summed E-state index contributed by atoms with van der Waals surface area (Å²) in [4.78, 5) is 23.1. The van der Waals surface area contributed by atoms with Gasteiger partial charge in [-0.25, -0.2) is 0 Å². The lowest BCUT2D eigenvalue weighted by atomic mass is 10.0. The first-order valence-electron chi connectivity index (χ1n) is 7.85. The van der Waals surface area contributed by atoms with Gasteiger partial charge in [0.15, 0.2) is 0 Å². The van der Waals surface area contributed by atoms with Crippen LogP contribution in [-0.4, -0.2) is 11.6 Å². The highest BCUT2D eigenvalue weighted by molar-refractivity contribution is 5.85. The zero-order chi connectivity index (χ0) is 14.3. The number of carbonyl (C=O) groups is 2. The van der Waals surface area contributed by atoms with Gasteiger partial charge < -0.3 is 0 Å². The van der Waals surface area contributed by atoms with Crippen molar-refractivity contribution in [3.63, 3.8) is 0 Å². The van der Waals surface area contributed by atoms with Crippen molar-refractivity contribution in [2.24, 2.45) is 0 Å². The van der Waals surface area contributed by atoms with E-state index >= 15 is 0 Å². The monoisotopic (exact) mass is 266 g/mol. The van der Waals surface area contributed by atoms with Gasteiger partial charge in [0.05, 0.1) is 0 Å². The first-order valence-corrected chi connectivity index (χ1v) is 7.85. The van der Waals surface area contributed by atoms with Gasteiger partial charge in [0.25, 0.3) is 0 Å². The summed E-state index contributed by atoms with van der Waals surface area (Å²) < 4.78 is 0. The fraction of sp³-hybridized carbons (Fsp3) is 0.765. The lowest BCUT2D eigenvalue weighted by molar-refractivity contribution is -0.124. The molecule has 19 heavy (non-hydrogen) atoms. The van der Waals surface area contributed by atoms with E-state index in [9.17, 15) is 9.59 Å². The highest BCUT2D eigenvalue weighted by Crippen LogP contribution is 2.09. The summed E-state index contributed by atoms with van der Waals surface area (Å²) >= 11 is 0. The number of hydrogen-bond acceptors (Lipinski definition) is 2. The Labute approximate surface area is 118 Å². The highest BCUT2D eigenvalue weighted by Gasteiger charge is 2.06. The van der Waals surface area contributed by atoms with Crippen molar-refractivity contribution >= 4 is 11.6 Å². The molecule has 0 aliphatic rings. The minimum Gasteiger partial charge on any atom is -0.300 e. The Morgan fingerprint density at radius 1 is 0.789 bits per heavy atom. The first kappa shape index (κ1) is 18.1. The summed E-state index contributed by atoms with van der Waals surface area (Å²) in [6.45, 7) is 5.84. The Bertz CT molecular complexity index is 256. The van der Waals surface area contributed by atoms with Crippen molar-refractivity contribution < 1.29 is 9.59 Å². The van der Waals surface area contributed by atoms with Gasteiger partial charge in [0.2, 0.25) is 0 Å². The molecule has 110 valence electrons. The number of hydrogen-bond donors (Lipinski definition) is 0. The van der Waals surface area contributed by atoms with Crippen molar-refractivity contribution in [1.29, 1.82) is 0 Å². The van der Waals surface area contributed by atoms with Gasteiger partial charge in [-0.05, 0) is 25.7 Å². The predicted molar refractivity (Wildman–Crippen MR) is 81.3 cm³/mol. The lowest BCUT2D eigenvalue weighted by Gasteiger charge is -2.02. The topological polar surface area (TPSA) is 34.1 Å². The summed E-state index contributed by atoms with van der Waals surface area (Å²) in [5.41, 5.74) is 0. The largest absolute Gasteiger partial charge is 0.300 e. The van der Waals surface area contributed by atoms with Gasteiger partial charge in [0, 0.05) is 25.7 Å². The molecule has 0 amide bonds. The van der Waals surface area contributed by atoms with Gasteiger partial charge in [-0.2, -0.15) is 0 Å². The number of rotatable bonds is 14. The molecule has 0 radical (unpaired) electrons. The third-order valence-electron chi connectivity index (χ3n) is 3.36. The van der Waals surface area contributed by atoms with Crippen LogP contribution in [0.25, 0.3) is 0 Å². The average Bonchev–Trinajstić information content (AvgIpc) is 2.41. The van der Waals surface area contributed by atoms with Crippen LogP contribution in [0, 0.1) is 0 Å². The van der Waals surface area contributed by atoms with Crippen LogP contribution >= 0.6 is 0 Å². The van der Waals surface area contributed by atoms with Crippen LogP contribution in [-0.2, 0) is 9.59 Å². The van der Waals surface area contributed by atoms with Gasteiger partial charge in [-0.15, -0.1) is 6.58 Å². The molecule has 2 nitrogen and oxygen atoms in total. The van der Waals surface area contributed by atoms with E-state index in [1.807, 2.05) is 6.08 Å². The molecule has 0 atom stereocenters. The van der Waals surface area contributed by atoms with E-state index in [0.717, 1.165) is 32.1 Å². The maximum absolute atomic E-state index is 11.6. The van der Waals surface area contributed by atoms with Crippen LogP contribution in [0.3, 0.4) is 0 Å². The minimum atomic E-state index is 0.239. The third-order valence-corrected chi connectivity index (χ3v) is 3.36. The smallest absolute Gasteiger partial charge is 0.133 e. The maximum Gasteiger partial charge on any atom is 0.133 e. The molecule has 0 N–H and O–H groups in total. The summed E-state index contributed by atoms with van der Waals surface area (Å²) in [6.07, 6.45) is 12.9. The van der Waals surface area contributed by atoms with Crippen LogP contribution in [0.1, 0.15) is 84.0 Å². The Morgan fingerprint density at radius 2 is 1.32 bits per heavy atom. The number of carbonyl (C=O) groups excluding carboxylic acids is 2. The average molecular weight is 266 g/mol. The van der Waals surface area contributed by atoms with E-state index in [1.165, 1.54) is 19.3 Å². The van der Waals surface area contributed by atoms with Gasteiger partial charge in [-0.3, -0.25) is 9.59 Å². The fourth-order valence-electron chi connectivity index (χ4n) is 2.07. The molecule has 0 aliphatic carbocycles. The molecule has 0 heterocycles. The molecule has 0 saturated carbocycles. The van der Waals surface area contributed by atoms with Gasteiger partial charge >= 0.3 is 0 Å². The molecule has 0 spiro atoms. The van der Waals surface area contributed by atoms with E-state index in [0.29, 0.717) is 25.7 Å². The molecular weight excluding hydrogens is 236 g/mol. The maximum atomic E-state index is 11.6. The Kier molecular flexibility index (Phi) is 12.9. The molecule has 0 aromatic heterocycles. The standard InChI is InChI=1S/C17H30O2/c1-3-5-7-9-11-13-17(19)15-14-16(18)12-10-8-6-4-2/h4H,2-3,5-15H2,1H3. The summed E-state index contributed by atoms with van der Waals surface area (Å²) in [5.74, 6) is 0.499. The summed E-state index contributed by atoms with van der Waals surface area (Å²) in [7, 11) is 0. The number of allylic oxidation sites excluding steroid dienone is 1. The molecule has 0 rings (SSSR count). The minimum absolute atomic E-state index is 0.239. The van der Waals surface area contributed by atoms with Crippen LogP contribution in [0.15, 0.2) is 12.7 Å². The second kappa shape index (κ2) is 13.5. The van der Waals surface area contributed by atoms with Crippen molar-refractivity contribution in [3.05, 3.63) is 12.7 Å². The number of Topliss-reactive ketones (excluding diaryl/α,β-unsaturated/α-hetero) is 2. The highest BCUT2D eigenvalue weighted by atomic mass is 16.1. The lowest BCUT2D eigenvalue weighted by Crippen LogP contribution is -2.04. The molecule has 0 fully saturated rings. The molecule has 0 bridgehead atoms. The Morgan fingerprint density at radius 3 is 1.84 bits per heavy atom. The van der Waals surface area contributed by atoms with Crippen LogP contribution in [0.4, 0.5) is 0 Å². The quantitative estimate of drug-likeness (QED) is 0.327. The zero-order valence-electron chi connectivity index (χ0n) is 12.6. The molecule has 0 aromatic carbocycles. The molecule has 0 saturated heterocycles. The Hall–Kier alpha value is -0.920.